The number of hydrogen-bond donors (Lipinski definition) is 3. The average molecular weight is 552 g/mol. The van der Waals surface area contributed by atoms with Gasteiger partial charge in [-0.25, -0.2) is 33.1 Å². The van der Waals surface area contributed by atoms with Crippen molar-refractivity contribution in [1.29, 1.82) is 0 Å². The molecule has 0 bridgehead atoms. The van der Waals surface area contributed by atoms with Gasteiger partial charge >= 0.3 is 17.7 Å². The third-order valence-corrected chi connectivity index (χ3v) is 7.95. The van der Waals surface area contributed by atoms with Crippen molar-refractivity contribution in [1.82, 2.24) is 34.3 Å². The summed E-state index contributed by atoms with van der Waals surface area (Å²) in [5, 5.41) is 12.7. The number of piperidine rings is 1. The van der Waals surface area contributed by atoms with Crippen LogP contribution in [0.2, 0.25) is 0 Å². The molecule has 13 heteroatoms. The lowest BCUT2D eigenvalue weighted by molar-refractivity contribution is 0.0684. The van der Waals surface area contributed by atoms with Crippen molar-refractivity contribution in [2.75, 3.05) is 13.1 Å². The number of H-pyrrole nitrogens is 1. The number of hydrogen-bond acceptors (Lipinski definition) is 5. The van der Waals surface area contributed by atoms with Crippen molar-refractivity contribution in [3.05, 3.63) is 81.9 Å². The molecule has 6 rings (SSSR count). The summed E-state index contributed by atoms with van der Waals surface area (Å²) in [7, 11) is 0. The molecule has 2 amide bonds. The predicted molar refractivity (Wildman–Crippen MR) is 139 cm³/mol. The minimum atomic E-state index is -1.20. The Kier molecular flexibility index (Phi) is 6.56. The van der Waals surface area contributed by atoms with Gasteiger partial charge in [-0.15, -0.1) is 0 Å². The number of imidazole rings is 2. The number of aromatic amines is 1. The molecule has 3 N–H and O–H groups in total. The van der Waals surface area contributed by atoms with Gasteiger partial charge in [0.15, 0.2) is 17.3 Å². The Hall–Kier alpha value is -4.55. The van der Waals surface area contributed by atoms with E-state index >= 15 is 0 Å². The Morgan fingerprint density at radius 3 is 2.62 bits per heavy atom. The summed E-state index contributed by atoms with van der Waals surface area (Å²) < 4.78 is 31.8. The number of amides is 2. The fraction of sp³-hybridized carbons (Fsp3) is 0.370. The molecule has 3 aromatic heterocycles. The predicted octanol–water partition coefficient (Wildman–Crippen LogP) is 3.56. The SMILES string of the molecule is O=C(O)c1cnc2n1C[C@H](c1cccc(F)c1F)CC[C@H]2NC(=O)N1CCC(n2c(=O)[nH]c3ncccc32)CC1. The lowest BCUT2D eigenvalue weighted by Crippen LogP contribution is -2.46. The number of carbonyl (C=O) groups excluding carboxylic acids is 1. The summed E-state index contributed by atoms with van der Waals surface area (Å²) in [6.45, 7) is 0.909. The number of nitrogens with one attached hydrogen (secondary N) is 2. The number of aromatic carboxylic acids is 1. The molecule has 2 atom stereocenters. The number of nitrogens with zero attached hydrogens (tertiary/aromatic N) is 5. The fourth-order valence-corrected chi connectivity index (χ4v) is 5.95. The fourth-order valence-electron chi connectivity index (χ4n) is 5.95. The number of halogens is 2. The van der Waals surface area contributed by atoms with E-state index in [1.54, 1.807) is 21.7 Å². The normalized spacial score (nSPS) is 19.8. The molecule has 1 saturated heterocycles. The van der Waals surface area contributed by atoms with Gasteiger partial charge in [0.2, 0.25) is 0 Å². The molecule has 2 aliphatic rings. The van der Waals surface area contributed by atoms with Crippen molar-refractivity contribution < 1.29 is 23.5 Å². The lowest BCUT2D eigenvalue weighted by atomic mass is 9.93. The van der Waals surface area contributed by atoms with Gasteiger partial charge in [0.25, 0.3) is 0 Å². The first-order valence-corrected chi connectivity index (χ1v) is 13.1. The van der Waals surface area contributed by atoms with Crippen LogP contribution in [0.1, 0.15) is 65.6 Å². The molecule has 2 aliphatic heterocycles. The first-order chi connectivity index (χ1) is 19.3. The van der Waals surface area contributed by atoms with E-state index < -0.39 is 29.6 Å². The quantitative estimate of drug-likeness (QED) is 0.355. The van der Waals surface area contributed by atoms with Crippen molar-refractivity contribution in [3.8, 4) is 0 Å². The van der Waals surface area contributed by atoms with Crippen LogP contribution in [0.3, 0.4) is 0 Å². The van der Waals surface area contributed by atoms with E-state index in [4.69, 9.17) is 0 Å². The maximum Gasteiger partial charge on any atom is 0.354 e. The Morgan fingerprint density at radius 2 is 1.85 bits per heavy atom. The summed E-state index contributed by atoms with van der Waals surface area (Å²) in [4.78, 5) is 50.7. The highest BCUT2D eigenvalue weighted by Gasteiger charge is 2.33. The van der Waals surface area contributed by atoms with E-state index in [9.17, 15) is 28.3 Å². The van der Waals surface area contributed by atoms with Crippen LogP contribution in [0.25, 0.3) is 11.2 Å². The van der Waals surface area contributed by atoms with Crippen LogP contribution >= 0.6 is 0 Å². The van der Waals surface area contributed by atoms with E-state index in [1.807, 2.05) is 6.07 Å². The van der Waals surface area contributed by atoms with Gasteiger partial charge in [-0.2, -0.15) is 0 Å². The molecule has 4 aromatic rings. The summed E-state index contributed by atoms with van der Waals surface area (Å²) in [5.74, 6) is -3.28. The standard InChI is InChI=1S/C27H27F2N7O4/c28-18-4-1-3-17(22(18)29)15-6-7-19(24-31-13-21(25(37)38)35(24)14-15)32-26(39)34-11-8-16(9-12-34)36-20-5-2-10-30-23(20)33-27(36)40/h1-5,10,13,15-16,19H,6-9,11-12,14H2,(H,32,39)(H,37,38)(H,30,33,40)/t15-,19-/m1/s1. The van der Waals surface area contributed by atoms with Gasteiger partial charge in [0.1, 0.15) is 11.5 Å². The highest BCUT2D eigenvalue weighted by Crippen LogP contribution is 2.35. The molecule has 0 unspecified atom stereocenters. The first kappa shape index (κ1) is 25.7. The van der Waals surface area contributed by atoms with E-state index in [2.05, 4.69) is 20.3 Å². The van der Waals surface area contributed by atoms with Crippen LogP contribution in [0.5, 0.6) is 0 Å². The van der Waals surface area contributed by atoms with E-state index in [0.29, 0.717) is 50.2 Å². The number of aromatic nitrogens is 5. The summed E-state index contributed by atoms with van der Waals surface area (Å²) in [6, 6.07) is 6.52. The smallest absolute Gasteiger partial charge is 0.354 e. The van der Waals surface area contributed by atoms with Crippen molar-refractivity contribution >= 4 is 23.2 Å². The topological polar surface area (TPSA) is 138 Å². The zero-order valence-corrected chi connectivity index (χ0v) is 21.4. The molecule has 0 radical (unpaired) electrons. The van der Waals surface area contributed by atoms with Gasteiger partial charge in [-0.3, -0.25) is 9.55 Å². The number of likely N-dealkylation sites (tertiary alicyclic amines) is 1. The number of rotatable bonds is 4. The molecule has 5 heterocycles. The zero-order chi connectivity index (χ0) is 28.0. The summed E-state index contributed by atoms with van der Waals surface area (Å²) in [6.07, 6.45) is 4.71. The number of benzene rings is 1. The lowest BCUT2D eigenvalue weighted by Gasteiger charge is -2.33. The molecule has 1 fully saturated rings. The van der Waals surface area contributed by atoms with E-state index in [0.717, 1.165) is 11.6 Å². The second-order valence-electron chi connectivity index (χ2n) is 10.2. The van der Waals surface area contributed by atoms with Gasteiger partial charge in [-0.1, -0.05) is 12.1 Å². The molecular weight excluding hydrogens is 524 g/mol. The average Bonchev–Trinajstić information content (AvgIpc) is 3.47. The molecule has 1 aromatic carbocycles. The van der Waals surface area contributed by atoms with Gasteiger partial charge in [0, 0.05) is 37.8 Å². The second-order valence-corrected chi connectivity index (χ2v) is 10.2. The van der Waals surface area contributed by atoms with E-state index in [-0.39, 0.29) is 35.6 Å². The van der Waals surface area contributed by atoms with Crippen molar-refractivity contribution in [2.24, 2.45) is 0 Å². The molecule has 0 spiro atoms. The summed E-state index contributed by atoms with van der Waals surface area (Å²) >= 11 is 0. The van der Waals surface area contributed by atoms with Crippen molar-refractivity contribution in [2.45, 2.75) is 50.2 Å². The highest BCUT2D eigenvalue weighted by atomic mass is 19.2. The second kappa shape index (κ2) is 10.2. The Bertz CT molecular complexity index is 1650. The largest absolute Gasteiger partial charge is 0.477 e. The van der Waals surface area contributed by atoms with Crippen LogP contribution < -0.4 is 11.0 Å². The maximum atomic E-state index is 14.7. The first-order valence-electron chi connectivity index (χ1n) is 13.1. The van der Waals surface area contributed by atoms with Crippen LogP contribution in [0, 0.1) is 11.6 Å². The number of fused-ring (bicyclic) bond motifs is 2. The molecule has 208 valence electrons. The zero-order valence-electron chi connectivity index (χ0n) is 21.4. The van der Waals surface area contributed by atoms with Crippen molar-refractivity contribution in [3.63, 3.8) is 0 Å². The van der Waals surface area contributed by atoms with Crippen LogP contribution in [-0.4, -0.2) is 59.2 Å². The van der Waals surface area contributed by atoms with Gasteiger partial charge < -0.3 is 19.9 Å². The van der Waals surface area contributed by atoms with Crippen LogP contribution in [-0.2, 0) is 6.54 Å². The Morgan fingerprint density at radius 1 is 1.05 bits per heavy atom. The minimum absolute atomic E-state index is 0.0857. The molecular formula is C27H27F2N7O4. The monoisotopic (exact) mass is 551 g/mol. The maximum absolute atomic E-state index is 14.7. The molecule has 40 heavy (non-hydrogen) atoms. The number of pyridine rings is 1. The number of carboxylic acids is 1. The molecule has 11 nitrogen and oxygen atoms in total. The van der Waals surface area contributed by atoms with E-state index in [1.165, 1.54) is 22.9 Å². The van der Waals surface area contributed by atoms with Crippen LogP contribution in [0.15, 0.2) is 47.5 Å². The number of carbonyl (C=O) groups is 2. The molecule has 0 aliphatic carbocycles. The Balaban J connectivity index is 1.19. The van der Waals surface area contributed by atoms with Crippen LogP contribution in [0.4, 0.5) is 13.6 Å². The number of urea groups is 1. The number of carboxylic acid groups (broad SMARTS) is 1. The summed E-state index contributed by atoms with van der Waals surface area (Å²) in [5.41, 5.74) is 1.08. The highest BCUT2D eigenvalue weighted by molar-refractivity contribution is 5.85. The third kappa shape index (κ3) is 4.50. The third-order valence-electron chi connectivity index (χ3n) is 7.95. The van der Waals surface area contributed by atoms with Gasteiger partial charge in [-0.05, 0) is 49.4 Å². The Labute approximate surface area is 226 Å². The molecule has 0 saturated carbocycles. The minimum Gasteiger partial charge on any atom is -0.477 e. The van der Waals surface area contributed by atoms with Gasteiger partial charge in [0.05, 0.1) is 17.8 Å².